The Morgan fingerprint density at radius 3 is 1.19 bits per heavy atom. The summed E-state index contributed by atoms with van der Waals surface area (Å²) in [6, 6.07) is 31.7. The Hall–Kier alpha value is -6.24. The highest BCUT2D eigenvalue weighted by Gasteiger charge is 2.56. The van der Waals surface area contributed by atoms with Gasteiger partial charge in [-0.15, -0.1) is 0 Å². The number of imidazole rings is 2. The molecule has 6 aromatic rings. The van der Waals surface area contributed by atoms with Crippen molar-refractivity contribution in [2.24, 2.45) is 0 Å². The molecule has 0 radical (unpaired) electrons. The van der Waals surface area contributed by atoms with Crippen LogP contribution in [0.3, 0.4) is 0 Å². The fourth-order valence-corrected chi connectivity index (χ4v) is 20.0. The van der Waals surface area contributed by atoms with Crippen LogP contribution in [-0.4, -0.2) is 221 Å². The first kappa shape index (κ1) is 68.7. The first-order chi connectivity index (χ1) is 45.3. The van der Waals surface area contributed by atoms with E-state index in [0.717, 1.165) is 115 Å². The van der Waals surface area contributed by atoms with Gasteiger partial charge in [-0.25, -0.2) is 49.4 Å². The third kappa shape index (κ3) is 14.3. The molecule has 0 aliphatic carbocycles. The van der Waals surface area contributed by atoms with Crippen molar-refractivity contribution in [3.05, 3.63) is 132 Å². The molecule has 8 heterocycles. The van der Waals surface area contributed by atoms with Crippen LogP contribution in [0.25, 0.3) is 22.1 Å². The van der Waals surface area contributed by atoms with Crippen molar-refractivity contribution in [3.63, 3.8) is 0 Å². The summed E-state index contributed by atoms with van der Waals surface area (Å²) >= 11 is 0. The quantitative estimate of drug-likeness (QED) is 0.0496. The second-order valence-corrected chi connectivity index (χ2v) is 33.2. The largest absolute Gasteiger partial charge is 0.394 e. The first-order valence-electron chi connectivity index (χ1n) is 33.5. The van der Waals surface area contributed by atoms with Crippen molar-refractivity contribution in [1.82, 2.24) is 57.8 Å². The minimum Gasteiger partial charge on any atom is -0.394 e. The van der Waals surface area contributed by atoms with E-state index in [9.17, 15) is 40.6 Å². The molecule has 6 fully saturated rings. The van der Waals surface area contributed by atoms with Crippen molar-refractivity contribution in [2.75, 3.05) is 64.8 Å². The van der Waals surface area contributed by atoms with Gasteiger partial charge in [0.25, 0.3) is 0 Å². The minimum absolute atomic E-state index is 0.0690. The summed E-state index contributed by atoms with van der Waals surface area (Å²) in [7, 11) is -12.7. The molecule has 3 amide bonds. The molecule has 6 unspecified atom stereocenters. The number of rotatable bonds is 24. The van der Waals surface area contributed by atoms with Crippen LogP contribution in [0.2, 0.25) is 0 Å². The van der Waals surface area contributed by atoms with Crippen molar-refractivity contribution in [3.8, 4) is 0 Å². The topological polar surface area (TPSA) is 302 Å². The Morgan fingerprint density at radius 1 is 0.505 bits per heavy atom. The van der Waals surface area contributed by atoms with Gasteiger partial charge in [-0.05, 0) is 152 Å². The van der Waals surface area contributed by atoms with Gasteiger partial charge in [0.15, 0.2) is 0 Å². The summed E-state index contributed by atoms with van der Waals surface area (Å²) < 4.78 is 91.3. The van der Waals surface area contributed by atoms with Gasteiger partial charge >= 0.3 is 0 Å². The lowest BCUT2D eigenvalue weighted by Crippen LogP contribution is -2.72. The first-order valence-corrected chi connectivity index (χ1v) is 39.1. The molecule has 514 valence electrons. The number of aromatic nitrogens is 4. The number of hydrogen-bond donors (Lipinski definition) is 6. The zero-order valence-corrected chi connectivity index (χ0v) is 57.3. The van der Waals surface area contributed by atoms with E-state index in [4.69, 9.17) is 9.97 Å². The number of amides is 3. The van der Waals surface area contributed by atoms with Crippen LogP contribution in [0.5, 0.6) is 0 Å². The van der Waals surface area contributed by atoms with Crippen LogP contribution in [0.1, 0.15) is 125 Å². The second kappa shape index (κ2) is 27.6. The maximum atomic E-state index is 16.6. The van der Waals surface area contributed by atoms with E-state index < -0.39 is 109 Å². The predicted molar refractivity (Wildman–Crippen MR) is 361 cm³/mol. The number of carbonyl (C=O) groups is 3. The molecule has 6 aliphatic rings. The Bertz CT molecular complexity index is 3860. The van der Waals surface area contributed by atoms with Crippen molar-refractivity contribution < 1.29 is 55.0 Å². The fraction of sp³-hybridized carbons (Fsp3) is 0.574. The molecule has 0 spiro atoms. The minimum atomic E-state index is -4.32. The maximum absolute atomic E-state index is 16.6. The number of sulfonamides is 3. The van der Waals surface area contributed by atoms with E-state index >= 15 is 14.4 Å². The number of aliphatic hydroxyl groups is 3. The number of carbonyl (C=O) groups excluding carboxylic acids is 3. The average Bonchev–Trinajstić information content (AvgIpc) is 1.62. The van der Waals surface area contributed by atoms with Crippen LogP contribution in [0, 0.1) is 13.8 Å². The van der Waals surface area contributed by atoms with Gasteiger partial charge < -0.3 is 39.2 Å². The standard InChI is InChI=1S/C68H92N12O12S3/c1-45-69-55-20-12-14-22-60(55)78(45)53-36-49-24-25-50(37-53)74(49)32-28-67(47-16-8-6-9-17-47)30-34-76(64(84)57(42-81)71-93(3,87)88)62(40-67)80(66(86)59(44-83)73-95(5,91)92)63-41-68(48-18-10-7-11-19-48,31-35-77(63)65(85)58(43-82)72-94(4,89)90)29-33-75-51-26-27-52(75)39-54(38-51)79-46(2)70-56-21-13-15-23-61(56)79/h6-23,49-54,57-59,62-63,71-73,81-83H,24-44H2,1-5H3/t49-,50+,51-,52+,53?,54?,57-,58-,59-,62?,63?,67?,68?/m0/s1. The molecule has 24 nitrogen and oxygen atoms in total. The van der Waals surface area contributed by atoms with Gasteiger partial charge in [0.2, 0.25) is 47.8 Å². The van der Waals surface area contributed by atoms with Gasteiger partial charge in [-0.2, -0.15) is 0 Å². The number of piperidine rings is 4. The van der Waals surface area contributed by atoms with E-state index in [1.807, 2.05) is 97.1 Å². The third-order valence-electron chi connectivity index (χ3n) is 22.0. The summed E-state index contributed by atoms with van der Waals surface area (Å²) in [5.74, 6) is -0.933. The molecular weight excluding hydrogens is 1270 g/mol. The summed E-state index contributed by atoms with van der Waals surface area (Å²) in [6.45, 7) is 1.96. The Balaban J connectivity index is 0.973. The molecule has 13 atom stereocenters. The lowest BCUT2D eigenvalue weighted by atomic mass is 9.67. The van der Waals surface area contributed by atoms with Crippen LogP contribution >= 0.6 is 0 Å². The number of hydrogen-bond acceptors (Lipinski definition) is 16. The number of para-hydroxylation sites is 4. The Kier molecular flexibility index (Phi) is 19.9. The Morgan fingerprint density at radius 2 is 0.842 bits per heavy atom. The van der Waals surface area contributed by atoms with Crippen molar-refractivity contribution in [1.29, 1.82) is 0 Å². The van der Waals surface area contributed by atoms with E-state index in [-0.39, 0.29) is 75.0 Å². The molecule has 4 bridgehead atoms. The van der Waals surface area contributed by atoms with Crippen LogP contribution < -0.4 is 14.2 Å². The van der Waals surface area contributed by atoms with Crippen LogP contribution in [-0.2, 0) is 55.3 Å². The molecule has 6 N–H and O–H groups in total. The van der Waals surface area contributed by atoms with Gasteiger partial charge in [-0.1, -0.05) is 84.9 Å². The van der Waals surface area contributed by atoms with Crippen LogP contribution in [0.15, 0.2) is 109 Å². The van der Waals surface area contributed by atoms with Gasteiger partial charge in [0, 0.05) is 60.2 Å². The number of likely N-dealkylation sites (tertiary alicyclic amines) is 2. The molecule has 27 heteroatoms. The smallest absolute Gasteiger partial charge is 0.246 e. The third-order valence-corrected chi connectivity index (χ3v) is 24.1. The van der Waals surface area contributed by atoms with Crippen LogP contribution in [0.4, 0.5) is 0 Å². The monoisotopic (exact) mass is 1360 g/mol. The molecule has 4 aromatic carbocycles. The van der Waals surface area contributed by atoms with E-state index in [0.29, 0.717) is 25.9 Å². The molecule has 2 aromatic heterocycles. The van der Waals surface area contributed by atoms with Gasteiger partial charge in [0.1, 0.15) is 42.1 Å². The highest BCUT2D eigenvalue weighted by molar-refractivity contribution is 7.89. The van der Waals surface area contributed by atoms with E-state index in [2.05, 4.69) is 59.1 Å². The number of aryl methyl sites for hydroxylation is 2. The summed E-state index contributed by atoms with van der Waals surface area (Å²) in [6.07, 6.45) is 8.40. The normalized spacial score (nSPS) is 27.8. The van der Waals surface area contributed by atoms with Crippen molar-refractivity contribution in [2.45, 2.75) is 181 Å². The molecule has 95 heavy (non-hydrogen) atoms. The SMILES string of the molecule is Cc1nc2ccccc2n1C1C[C@H]2CC[C@@H](C1)N2CCC1(c2ccccc2)CCN(C(=O)[C@H](CO)NS(C)(=O)=O)C(N(C(=O)[C@H](CO)NS(C)(=O)=O)C2CC(CCN3[C@@H]4CC[C@H]3CC(n3c(C)nc5ccccc53)C4)(c3ccccc3)CCN2C(=O)[C@H](CO)NS(C)(=O)=O)C1. The zero-order chi connectivity index (χ0) is 67.4. The number of nitrogens with zero attached hydrogens (tertiary/aromatic N) is 9. The molecule has 6 aliphatic heterocycles. The van der Waals surface area contributed by atoms with E-state index in [1.165, 1.54) is 14.7 Å². The lowest BCUT2D eigenvalue weighted by molar-refractivity contribution is -0.172. The summed E-state index contributed by atoms with van der Waals surface area (Å²) in [5, 5.41) is 33.5. The number of benzene rings is 4. The second-order valence-electron chi connectivity index (χ2n) is 27.9. The predicted octanol–water partition coefficient (Wildman–Crippen LogP) is 4.15. The summed E-state index contributed by atoms with van der Waals surface area (Å²) in [5.41, 5.74) is 4.01. The lowest BCUT2D eigenvalue weighted by Gasteiger charge is -2.58. The zero-order valence-electron chi connectivity index (χ0n) is 54.9. The van der Waals surface area contributed by atoms with Gasteiger partial charge in [0.05, 0.1) is 60.7 Å². The number of aliphatic hydroxyl groups excluding tert-OH is 3. The van der Waals surface area contributed by atoms with Crippen molar-refractivity contribution >= 4 is 69.9 Å². The molecular formula is C68H92N12O12S3. The molecule has 0 saturated carbocycles. The maximum Gasteiger partial charge on any atom is 0.246 e. The molecule has 12 rings (SSSR count). The Labute approximate surface area is 557 Å². The van der Waals surface area contributed by atoms with Gasteiger partial charge in [-0.3, -0.25) is 24.2 Å². The highest BCUT2D eigenvalue weighted by atomic mass is 32.2. The summed E-state index contributed by atoms with van der Waals surface area (Å²) in [4.78, 5) is 67.0. The molecule has 6 saturated heterocycles. The number of fused-ring (bicyclic) bond motifs is 6. The average molecular weight is 1370 g/mol. The van der Waals surface area contributed by atoms with E-state index in [1.54, 1.807) is 0 Å². The number of nitrogens with one attached hydrogen (secondary N) is 3. The fourth-order valence-electron chi connectivity index (χ4n) is 17.9. The highest BCUT2D eigenvalue weighted by Crippen LogP contribution is 2.51.